The molecule has 0 aliphatic heterocycles. The number of ether oxygens (including phenoxy) is 2. The van der Waals surface area contributed by atoms with Crippen LogP contribution in [0.15, 0.2) is 36.5 Å². The van der Waals surface area contributed by atoms with Gasteiger partial charge < -0.3 is 14.8 Å². The standard InChI is InChI=1S/C14H15N3O4/c1-20-12-4-3-10(13(8-12)21-2)9-16-14-7-11(17(18)19)5-6-15-14/h3-8H,9H2,1-2H3,(H,15,16). The minimum atomic E-state index is -0.458. The molecule has 0 atom stereocenters. The molecular weight excluding hydrogens is 274 g/mol. The zero-order valence-electron chi connectivity index (χ0n) is 11.7. The van der Waals surface area contributed by atoms with Crippen molar-refractivity contribution in [1.29, 1.82) is 0 Å². The molecule has 110 valence electrons. The van der Waals surface area contributed by atoms with Gasteiger partial charge in [0.05, 0.1) is 25.2 Å². The van der Waals surface area contributed by atoms with Crippen LogP contribution in [0.5, 0.6) is 11.5 Å². The van der Waals surface area contributed by atoms with Gasteiger partial charge in [-0.25, -0.2) is 4.98 Å². The summed E-state index contributed by atoms with van der Waals surface area (Å²) in [7, 11) is 3.16. The summed E-state index contributed by atoms with van der Waals surface area (Å²) in [6.45, 7) is 0.432. The lowest BCUT2D eigenvalue weighted by atomic mass is 10.2. The fraction of sp³-hybridized carbons (Fsp3) is 0.214. The number of hydrogen-bond donors (Lipinski definition) is 1. The monoisotopic (exact) mass is 289 g/mol. The normalized spacial score (nSPS) is 10.0. The molecule has 1 N–H and O–H groups in total. The van der Waals surface area contributed by atoms with Crippen LogP contribution in [0.1, 0.15) is 5.56 Å². The van der Waals surface area contributed by atoms with Crippen LogP contribution in [0.3, 0.4) is 0 Å². The van der Waals surface area contributed by atoms with Crippen molar-refractivity contribution in [2.45, 2.75) is 6.54 Å². The molecule has 2 rings (SSSR count). The van der Waals surface area contributed by atoms with Gasteiger partial charge in [-0.3, -0.25) is 10.1 Å². The maximum atomic E-state index is 10.7. The highest BCUT2D eigenvalue weighted by Crippen LogP contribution is 2.25. The highest BCUT2D eigenvalue weighted by Gasteiger charge is 2.08. The van der Waals surface area contributed by atoms with Crippen LogP contribution in [0.2, 0.25) is 0 Å². The second-order valence-electron chi connectivity index (χ2n) is 4.19. The number of methoxy groups -OCH3 is 2. The molecule has 0 unspecified atom stereocenters. The van der Waals surface area contributed by atoms with E-state index in [0.29, 0.717) is 23.9 Å². The Kier molecular flexibility index (Phi) is 4.55. The molecule has 7 nitrogen and oxygen atoms in total. The van der Waals surface area contributed by atoms with E-state index in [2.05, 4.69) is 10.3 Å². The van der Waals surface area contributed by atoms with E-state index >= 15 is 0 Å². The van der Waals surface area contributed by atoms with Gasteiger partial charge in [0.15, 0.2) is 0 Å². The first kappa shape index (κ1) is 14.6. The summed E-state index contributed by atoms with van der Waals surface area (Å²) in [6, 6.07) is 8.19. The molecule has 7 heteroatoms. The average Bonchev–Trinajstić information content (AvgIpc) is 2.53. The SMILES string of the molecule is COc1ccc(CNc2cc([N+](=O)[O-])ccn2)c(OC)c1. The van der Waals surface area contributed by atoms with Crippen LogP contribution in [0.25, 0.3) is 0 Å². The van der Waals surface area contributed by atoms with Crippen molar-refractivity contribution in [3.05, 3.63) is 52.2 Å². The Bertz CT molecular complexity index is 646. The molecule has 0 aliphatic rings. The van der Waals surface area contributed by atoms with Crippen molar-refractivity contribution in [2.75, 3.05) is 19.5 Å². The van der Waals surface area contributed by atoms with Crippen molar-refractivity contribution in [3.63, 3.8) is 0 Å². The molecule has 1 aromatic carbocycles. The Morgan fingerprint density at radius 1 is 1.24 bits per heavy atom. The van der Waals surface area contributed by atoms with Gasteiger partial charge in [-0.15, -0.1) is 0 Å². The second-order valence-corrected chi connectivity index (χ2v) is 4.19. The number of pyridine rings is 1. The summed E-state index contributed by atoms with van der Waals surface area (Å²) in [5.41, 5.74) is 0.890. The van der Waals surface area contributed by atoms with E-state index in [1.54, 1.807) is 20.3 Å². The summed E-state index contributed by atoms with van der Waals surface area (Å²) in [6.07, 6.45) is 1.39. The average molecular weight is 289 g/mol. The summed E-state index contributed by atoms with van der Waals surface area (Å²) in [4.78, 5) is 14.3. The Morgan fingerprint density at radius 2 is 2.05 bits per heavy atom. The molecule has 0 saturated heterocycles. The van der Waals surface area contributed by atoms with Crippen LogP contribution in [0.4, 0.5) is 11.5 Å². The molecular formula is C14H15N3O4. The van der Waals surface area contributed by atoms with Gasteiger partial charge >= 0.3 is 0 Å². The Balaban J connectivity index is 2.12. The van der Waals surface area contributed by atoms with Crippen LogP contribution >= 0.6 is 0 Å². The second kappa shape index (κ2) is 6.56. The first-order valence-electron chi connectivity index (χ1n) is 6.19. The highest BCUT2D eigenvalue weighted by atomic mass is 16.6. The first-order chi connectivity index (χ1) is 10.1. The fourth-order valence-electron chi connectivity index (χ4n) is 1.81. The van der Waals surface area contributed by atoms with E-state index in [4.69, 9.17) is 9.47 Å². The summed E-state index contributed by atoms with van der Waals surface area (Å²) in [5.74, 6) is 1.80. The molecule has 0 bridgehead atoms. The van der Waals surface area contributed by atoms with Gasteiger partial charge in [-0.1, -0.05) is 0 Å². The minimum Gasteiger partial charge on any atom is -0.497 e. The number of benzene rings is 1. The predicted octanol–water partition coefficient (Wildman–Crippen LogP) is 2.62. The number of nitrogens with one attached hydrogen (secondary N) is 1. The Hall–Kier alpha value is -2.83. The smallest absolute Gasteiger partial charge is 0.274 e. The minimum absolute atomic E-state index is 0.00537. The van der Waals surface area contributed by atoms with E-state index in [0.717, 1.165) is 5.56 Å². The lowest BCUT2D eigenvalue weighted by molar-refractivity contribution is -0.384. The highest BCUT2D eigenvalue weighted by molar-refractivity contribution is 5.47. The molecule has 0 fully saturated rings. The topological polar surface area (TPSA) is 86.5 Å². The van der Waals surface area contributed by atoms with Gasteiger partial charge in [0.2, 0.25) is 0 Å². The largest absolute Gasteiger partial charge is 0.497 e. The molecule has 0 spiro atoms. The van der Waals surface area contributed by atoms with Crippen molar-refractivity contribution >= 4 is 11.5 Å². The van der Waals surface area contributed by atoms with Gasteiger partial charge in [0.25, 0.3) is 5.69 Å². The van der Waals surface area contributed by atoms with Crippen LogP contribution in [0, 0.1) is 10.1 Å². The molecule has 0 amide bonds. The molecule has 21 heavy (non-hydrogen) atoms. The Labute approximate surface area is 121 Å². The van der Waals surface area contributed by atoms with E-state index in [1.165, 1.54) is 18.3 Å². The van der Waals surface area contributed by atoms with Crippen molar-refractivity contribution in [2.24, 2.45) is 0 Å². The number of nitro groups is 1. The number of rotatable bonds is 6. The van der Waals surface area contributed by atoms with E-state index in [-0.39, 0.29) is 5.69 Å². The van der Waals surface area contributed by atoms with Crippen molar-refractivity contribution < 1.29 is 14.4 Å². The quantitative estimate of drug-likeness (QED) is 0.649. The summed E-state index contributed by atoms with van der Waals surface area (Å²) >= 11 is 0. The zero-order chi connectivity index (χ0) is 15.2. The molecule has 1 aromatic heterocycles. The fourth-order valence-corrected chi connectivity index (χ4v) is 1.81. The first-order valence-corrected chi connectivity index (χ1v) is 6.19. The summed E-state index contributed by atoms with van der Waals surface area (Å²) in [5, 5.41) is 13.7. The third kappa shape index (κ3) is 3.59. The van der Waals surface area contributed by atoms with Crippen LogP contribution in [-0.2, 0) is 6.54 Å². The Morgan fingerprint density at radius 3 is 2.71 bits per heavy atom. The molecule has 1 heterocycles. The lowest BCUT2D eigenvalue weighted by Gasteiger charge is -2.11. The molecule has 0 aliphatic carbocycles. The molecule has 0 radical (unpaired) electrons. The van der Waals surface area contributed by atoms with Gasteiger partial charge in [-0.05, 0) is 12.1 Å². The van der Waals surface area contributed by atoms with Crippen molar-refractivity contribution in [3.8, 4) is 11.5 Å². The van der Waals surface area contributed by atoms with E-state index in [9.17, 15) is 10.1 Å². The number of hydrogen-bond acceptors (Lipinski definition) is 6. The lowest BCUT2D eigenvalue weighted by Crippen LogP contribution is -2.04. The number of aromatic nitrogens is 1. The summed E-state index contributed by atoms with van der Waals surface area (Å²) < 4.78 is 10.4. The van der Waals surface area contributed by atoms with Crippen molar-refractivity contribution in [1.82, 2.24) is 4.98 Å². The third-order valence-electron chi connectivity index (χ3n) is 2.91. The predicted molar refractivity (Wildman–Crippen MR) is 77.8 cm³/mol. The maximum Gasteiger partial charge on any atom is 0.274 e. The van der Waals surface area contributed by atoms with E-state index < -0.39 is 4.92 Å². The van der Waals surface area contributed by atoms with Gasteiger partial charge in [-0.2, -0.15) is 0 Å². The number of nitrogens with zero attached hydrogens (tertiary/aromatic N) is 2. The molecule has 2 aromatic rings. The third-order valence-corrected chi connectivity index (χ3v) is 2.91. The molecule has 0 saturated carbocycles. The van der Waals surface area contributed by atoms with Gasteiger partial charge in [0.1, 0.15) is 17.3 Å². The zero-order valence-corrected chi connectivity index (χ0v) is 11.7. The maximum absolute atomic E-state index is 10.7. The van der Waals surface area contributed by atoms with E-state index in [1.807, 2.05) is 12.1 Å². The number of anilines is 1. The van der Waals surface area contributed by atoms with Crippen LogP contribution < -0.4 is 14.8 Å². The van der Waals surface area contributed by atoms with Crippen LogP contribution in [-0.4, -0.2) is 24.1 Å². The van der Waals surface area contributed by atoms with Gasteiger partial charge in [0, 0.05) is 30.4 Å².